The van der Waals surface area contributed by atoms with Crippen LogP contribution in [0.25, 0.3) is 0 Å². The van der Waals surface area contributed by atoms with Crippen LogP contribution in [0.1, 0.15) is 37.7 Å². The second-order valence-corrected chi connectivity index (χ2v) is 7.64. The van der Waals surface area contributed by atoms with Gasteiger partial charge in [-0.15, -0.1) is 0 Å². The van der Waals surface area contributed by atoms with Crippen LogP contribution in [-0.4, -0.2) is 34.9 Å². The monoisotopic (exact) mass is 306 g/mol. The van der Waals surface area contributed by atoms with Gasteiger partial charge in [0.05, 0.1) is 11.7 Å². The normalized spacial score (nSPS) is 30.6. The molecule has 2 nitrogen and oxygen atoms in total. The Balaban J connectivity index is 1.45. The van der Waals surface area contributed by atoms with Gasteiger partial charge in [-0.05, 0) is 55.8 Å². The molecule has 116 valence electrons. The molecule has 3 unspecified atom stereocenters. The Hall–Kier alpha value is -0.510. The van der Waals surface area contributed by atoms with Crippen LogP contribution in [0.3, 0.4) is 0 Å². The molecule has 21 heavy (non-hydrogen) atoms. The van der Waals surface area contributed by atoms with E-state index in [9.17, 15) is 5.11 Å². The lowest BCUT2D eigenvalue weighted by molar-refractivity contribution is -0.102. The fourth-order valence-corrected chi connectivity index (χ4v) is 5.03. The number of hydrogen-bond donors (Lipinski definition) is 1. The molecule has 0 aliphatic carbocycles. The summed E-state index contributed by atoms with van der Waals surface area (Å²) < 4.78 is 6.05. The van der Waals surface area contributed by atoms with Crippen molar-refractivity contribution in [3.63, 3.8) is 0 Å². The molecule has 2 aliphatic rings. The molecule has 2 saturated heterocycles. The Morgan fingerprint density at radius 1 is 1.33 bits per heavy atom. The zero-order chi connectivity index (χ0) is 14.5. The van der Waals surface area contributed by atoms with Crippen molar-refractivity contribution in [2.75, 3.05) is 18.1 Å². The van der Waals surface area contributed by atoms with Crippen LogP contribution in [0.5, 0.6) is 0 Å². The van der Waals surface area contributed by atoms with E-state index < -0.39 is 0 Å². The lowest BCUT2D eigenvalue weighted by Gasteiger charge is -2.39. The summed E-state index contributed by atoms with van der Waals surface area (Å²) >= 11 is 2.00. The highest BCUT2D eigenvalue weighted by molar-refractivity contribution is 7.99. The molecule has 3 rings (SSSR count). The smallest absolute Gasteiger partial charge is 0.0783 e. The molecule has 1 N–H and O–H groups in total. The summed E-state index contributed by atoms with van der Waals surface area (Å²) in [4.78, 5) is 0. The number of benzene rings is 1. The maximum Gasteiger partial charge on any atom is 0.0783 e. The second-order valence-electron chi connectivity index (χ2n) is 6.53. The van der Waals surface area contributed by atoms with Gasteiger partial charge in [0.1, 0.15) is 0 Å². The number of rotatable bonds is 5. The van der Waals surface area contributed by atoms with E-state index in [2.05, 4.69) is 30.3 Å². The Labute approximate surface area is 132 Å². The highest BCUT2D eigenvalue weighted by Gasteiger charge is 2.41. The molecule has 0 bridgehead atoms. The Morgan fingerprint density at radius 3 is 2.95 bits per heavy atom. The van der Waals surface area contributed by atoms with Crippen molar-refractivity contribution in [2.45, 2.75) is 50.2 Å². The van der Waals surface area contributed by atoms with Gasteiger partial charge in [-0.1, -0.05) is 30.3 Å². The van der Waals surface area contributed by atoms with Gasteiger partial charge in [0, 0.05) is 12.4 Å². The Morgan fingerprint density at radius 2 is 2.19 bits per heavy atom. The first-order chi connectivity index (χ1) is 10.3. The standard InChI is InChI=1S/C18H26O2S/c19-17(8-4-7-15-5-2-1-3-6-15)16-9-11-20-18(13-16)10-12-21-14-18/h1-3,5-6,16-17,19H,4,7-14H2. The SMILES string of the molecule is OC(CCCc1ccccc1)C1CCOC2(CCSC2)C1. The lowest BCUT2D eigenvalue weighted by atomic mass is 9.81. The first-order valence-corrected chi connectivity index (χ1v) is 9.37. The summed E-state index contributed by atoms with van der Waals surface area (Å²) in [5.41, 5.74) is 1.47. The Bertz CT molecular complexity index is 428. The van der Waals surface area contributed by atoms with Crippen LogP contribution < -0.4 is 0 Å². The number of ether oxygens (including phenoxy) is 1. The molecule has 0 radical (unpaired) electrons. The topological polar surface area (TPSA) is 29.5 Å². The summed E-state index contributed by atoms with van der Waals surface area (Å²) in [7, 11) is 0. The number of aliphatic hydroxyl groups is 1. The number of thioether (sulfide) groups is 1. The predicted molar refractivity (Wildman–Crippen MR) is 88.7 cm³/mol. The van der Waals surface area contributed by atoms with Gasteiger partial charge < -0.3 is 9.84 Å². The van der Waals surface area contributed by atoms with Crippen molar-refractivity contribution in [1.82, 2.24) is 0 Å². The highest BCUT2D eigenvalue weighted by Crippen LogP contribution is 2.41. The lowest BCUT2D eigenvalue weighted by Crippen LogP contribution is -2.43. The number of hydrogen-bond acceptors (Lipinski definition) is 3. The van der Waals surface area contributed by atoms with E-state index in [0.717, 1.165) is 44.5 Å². The number of aryl methyl sites for hydroxylation is 1. The molecule has 2 heterocycles. The minimum absolute atomic E-state index is 0.0913. The fraction of sp³-hybridized carbons (Fsp3) is 0.667. The van der Waals surface area contributed by atoms with Gasteiger partial charge >= 0.3 is 0 Å². The van der Waals surface area contributed by atoms with Crippen LogP contribution in [0.2, 0.25) is 0 Å². The van der Waals surface area contributed by atoms with Crippen molar-refractivity contribution in [1.29, 1.82) is 0 Å². The van der Waals surface area contributed by atoms with E-state index in [0.29, 0.717) is 5.92 Å². The molecule has 1 aromatic rings. The van der Waals surface area contributed by atoms with E-state index in [1.54, 1.807) is 0 Å². The van der Waals surface area contributed by atoms with E-state index in [1.807, 2.05) is 11.8 Å². The van der Waals surface area contributed by atoms with Crippen LogP contribution in [0.15, 0.2) is 30.3 Å². The van der Waals surface area contributed by atoms with Gasteiger partial charge in [-0.25, -0.2) is 0 Å². The van der Waals surface area contributed by atoms with E-state index in [1.165, 1.54) is 17.7 Å². The zero-order valence-electron chi connectivity index (χ0n) is 12.7. The second kappa shape index (κ2) is 7.17. The predicted octanol–water partition coefficient (Wildman–Crippen LogP) is 3.67. The first kappa shape index (κ1) is 15.4. The maximum absolute atomic E-state index is 10.5. The van der Waals surface area contributed by atoms with Crippen LogP contribution >= 0.6 is 11.8 Å². The third-order valence-electron chi connectivity index (χ3n) is 4.95. The molecule has 2 aliphatic heterocycles. The number of aliphatic hydroxyl groups excluding tert-OH is 1. The first-order valence-electron chi connectivity index (χ1n) is 8.21. The summed E-state index contributed by atoms with van der Waals surface area (Å²) in [6.07, 6.45) is 6.17. The van der Waals surface area contributed by atoms with Crippen LogP contribution in [0.4, 0.5) is 0 Å². The van der Waals surface area contributed by atoms with Gasteiger partial charge in [0.15, 0.2) is 0 Å². The van der Waals surface area contributed by atoms with Crippen LogP contribution in [-0.2, 0) is 11.2 Å². The molecule has 3 heteroatoms. The third kappa shape index (κ3) is 4.02. The molecule has 2 fully saturated rings. The van der Waals surface area contributed by atoms with E-state index >= 15 is 0 Å². The summed E-state index contributed by atoms with van der Waals surface area (Å²) in [5, 5.41) is 10.5. The Kier molecular flexibility index (Phi) is 5.25. The van der Waals surface area contributed by atoms with Gasteiger partial charge in [-0.2, -0.15) is 11.8 Å². The summed E-state index contributed by atoms with van der Waals surface area (Å²) in [5.74, 6) is 2.78. The average molecular weight is 306 g/mol. The highest BCUT2D eigenvalue weighted by atomic mass is 32.2. The minimum atomic E-state index is -0.153. The molecule has 1 aromatic carbocycles. The molecule has 0 saturated carbocycles. The summed E-state index contributed by atoms with van der Waals surface area (Å²) in [6.45, 7) is 0.834. The van der Waals surface area contributed by atoms with Crippen molar-refractivity contribution in [3.8, 4) is 0 Å². The molecule has 0 amide bonds. The van der Waals surface area contributed by atoms with Gasteiger partial charge in [0.25, 0.3) is 0 Å². The minimum Gasteiger partial charge on any atom is -0.393 e. The molecular weight excluding hydrogens is 280 g/mol. The van der Waals surface area contributed by atoms with Crippen molar-refractivity contribution in [3.05, 3.63) is 35.9 Å². The largest absolute Gasteiger partial charge is 0.393 e. The van der Waals surface area contributed by atoms with Gasteiger partial charge in [0.2, 0.25) is 0 Å². The molecule has 3 atom stereocenters. The van der Waals surface area contributed by atoms with Crippen molar-refractivity contribution >= 4 is 11.8 Å². The molecule has 0 aromatic heterocycles. The van der Waals surface area contributed by atoms with Crippen molar-refractivity contribution in [2.24, 2.45) is 5.92 Å². The maximum atomic E-state index is 10.5. The van der Waals surface area contributed by atoms with E-state index in [-0.39, 0.29) is 11.7 Å². The molecular formula is C18H26O2S. The quantitative estimate of drug-likeness (QED) is 0.900. The van der Waals surface area contributed by atoms with Gasteiger partial charge in [-0.3, -0.25) is 0 Å². The third-order valence-corrected chi connectivity index (χ3v) is 6.17. The van der Waals surface area contributed by atoms with Crippen molar-refractivity contribution < 1.29 is 9.84 Å². The zero-order valence-corrected chi connectivity index (χ0v) is 13.5. The average Bonchev–Trinajstić information content (AvgIpc) is 2.96. The fourth-order valence-electron chi connectivity index (χ4n) is 3.65. The van der Waals surface area contributed by atoms with E-state index in [4.69, 9.17) is 4.74 Å². The van der Waals surface area contributed by atoms with Crippen LogP contribution in [0, 0.1) is 5.92 Å². The molecule has 1 spiro atoms. The summed E-state index contributed by atoms with van der Waals surface area (Å²) in [6, 6.07) is 10.6.